The zero-order valence-corrected chi connectivity index (χ0v) is 13.8. The number of aliphatic hydroxyl groups is 2. The molecule has 0 saturated heterocycles. The average Bonchev–Trinajstić information content (AvgIpc) is 2.87. The fourth-order valence-electron chi connectivity index (χ4n) is 2.97. The highest BCUT2D eigenvalue weighted by molar-refractivity contribution is 6.34. The van der Waals surface area contributed by atoms with E-state index in [1.165, 1.54) is 23.2 Å². The van der Waals surface area contributed by atoms with E-state index in [4.69, 9.17) is 11.6 Å². The number of aliphatic hydroxyl groups excluding tert-OH is 2. The van der Waals surface area contributed by atoms with Crippen LogP contribution < -0.4 is 16.2 Å². The number of fused-ring (bicyclic) bond motifs is 1. The molecule has 9 nitrogen and oxygen atoms in total. The van der Waals surface area contributed by atoms with Gasteiger partial charge in [-0.05, 0) is 12.1 Å². The van der Waals surface area contributed by atoms with Crippen LogP contribution in [0.3, 0.4) is 0 Å². The summed E-state index contributed by atoms with van der Waals surface area (Å²) in [5, 5.41) is 24.4. The van der Waals surface area contributed by atoms with E-state index in [0.29, 0.717) is 5.82 Å². The van der Waals surface area contributed by atoms with Crippen molar-refractivity contribution < 1.29 is 15.0 Å². The minimum Gasteiger partial charge on any atom is -0.396 e. The molecule has 1 aliphatic heterocycles. The third kappa shape index (κ3) is 2.97. The van der Waals surface area contributed by atoms with Gasteiger partial charge in [-0.3, -0.25) is 14.2 Å². The van der Waals surface area contributed by atoms with Crippen molar-refractivity contribution in [1.82, 2.24) is 19.9 Å². The van der Waals surface area contributed by atoms with Crippen molar-refractivity contribution in [2.75, 3.05) is 18.5 Å². The summed E-state index contributed by atoms with van der Waals surface area (Å²) >= 11 is 6.22. The summed E-state index contributed by atoms with van der Waals surface area (Å²) in [4.78, 5) is 33.1. The number of hydrogen-bond donors (Lipinski definition) is 4. The lowest BCUT2D eigenvalue weighted by molar-refractivity contribution is 0.0836. The van der Waals surface area contributed by atoms with Gasteiger partial charge in [0.25, 0.3) is 11.5 Å². The molecule has 0 unspecified atom stereocenters. The molecule has 0 bridgehead atoms. The van der Waals surface area contributed by atoms with Gasteiger partial charge in [0, 0.05) is 32.3 Å². The molecular weight excluding hydrogens is 350 g/mol. The second kappa shape index (κ2) is 6.79. The number of carbonyl (C=O) groups excluding carboxylic acids is 1. The number of rotatable bonds is 6. The number of nitrogens with zero attached hydrogens (tertiary/aromatic N) is 3. The number of hydrogen-bond acceptors (Lipinski definition) is 7. The highest BCUT2D eigenvalue weighted by Crippen LogP contribution is 2.33. The minimum atomic E-state index is -1.24. The predicted octanol–water partition coefficient (Wildman–Crippen LogP) is 0.196. The third-order valence-corrected chi connectivity index (χ3v) is 4.33. The molecule has 10 heteroatoms. The molecule has 2 aromatic rings. The number of halogens is 1. The summed E-state index contributed by atoms with van der Waals surface area (Å²) in [6, 6.07) is 2.93. The number of amides is 1. The fraction of sp³-hybridized carbons (Fsp3) is 0.333. The topological polar surface area (TPSA) is 129 Å². The van der Waals surface area contributed by atoms with Crippen LogP contribution in [0.1, 0.15) is 23.3 Å². The molecule has 0 radical (unpaired) electrons. The van der Waals surface area contributed by atoms with Crippen LogP contribution in [-0.2, 0) is 5.66 Å². The van der Waals surface area contributed by atoms with Crippen LogP contribution in [0.4, 0.5) is 11.5 Å². The summed E-state index contributed by atoms with van der Waals surface area (Å²) in [5.74, 6) is -0.145. The molecule has 1 amide bonds. The molecular formula is C15H16ClN5O4. The number of anilines is 2. The van der Waals surface area contributed by atoms with Crippen molar-refractivity contribution in [1.29, 1.82) is 0 Å². The molecule has 0 aromatic carbocycles. The lowest BCUT2D eigenvalue weighted by Gasteiger charge is -2.30. The van der Waals surface area contributed by atoms with Crippen molar-refractivity contribution in [3.63, 3.8) is 0 Å². The molecule has 0 atom stereocenters. The molecule has 1 aliphatic rings. The van der Waals surface area contributed by atoms with Crippen LogP contribution in [0.15, 0.2) is 29.5 Å². The van der Waals surface area contributed by atoms with Crippen LogP contribution in [0.5, 0.6) is 0 Å². The van der Waals surface area contributed by atoms with E-state index in [2.05, 4.69) is 20.6 Å². The number of nitrogens with one attached hydrogen (secondary N) is 2. The maximum Gasteiger partial charge on any atom is 0.276 e. The van der Waals surface area contributed by atoms with E-state index in [0.717, 1.165) is 0 Å². The van der Waals surface area contributed by atoms with Gasteiger partial charge in [-0.2, -0.15) is 0 Å². The molecule has 0 aliphatic carbocycles. The molecule has 0 fully saturated rings. The lowest BCUT2D eigenvalue weighted by Crippen LogP contribution is -2.49. The van der Waals surface area contributed by atoms with Crippen molar-refractivity contribution >= 4 is 29.0 Å². The molecule has 0 spiro atoms. The zero-order chi connectivity index (χ0) is 18.0. The van der Waals surface area contributed by atoms with E-state index >= 15 is 0 Å². The smallest absolute Gasteiger partial charge is 0.276 e. The number of aromatic nitrogens is 3. The van der Waals surface area contributed by atoms with E-state index in [-0.39, 0.29) is 42.5 Å². The van der Waals surface area contributed by atoms with Gasteiger partial charge in [0.15, 0.2) is 0 Å². The highest BCUT2D eigenvalue weighted by Gasteiger charge is 2.44. The van der Waals surface area contributed by atoms with Crippen LogP contribution >= 0.6 is 11.6 Å². The SMILES string of the molecule is O=C1NC(CCO)(CCO)n2c1c(Cl)cc(Nc1ccncn1)c2=O. The maximum absolute atomic E-state index is 13.0. The Morgan fingerprint density at radius 3 is 2.60 bits per heavy atom. The first kappa shape index (κ1) is 17.3. The molecule has 2 aromatic heterocycles. The first-order valence-corrected chi connectivity index (χ1v) is 7.93. The largest absolute Gasteiger partial charge is 0.396 e. The first-order chi connectivity index (χ1) is 12.0. The van der Waals surface area contributed by atoms with Gasteiger partial charge in [-0.1, -0.05) is 11.6 Å². The molecule has 3 heterocycles. The Morgan fingerprint density at radius 2 is 2.00 bits per heavy atom. The summed E-state index contributed by atoms with van der Waals surface area (Å²) in [5.41, 5.74) is -1.63. The Kier molecular flexibility index (Phi) is 4.71. The summed E-state index contributed by atoms with van der Waals surface area (Å²) < 4.78 is 1.20. The van der Waals surface area contributed by atoms with Crippen molar-refractivity contribution in [3.05, 3.63) is 45.7 Å². The fourth-order valence-corrected chi connectivity index (χ4v) is 3.25. The van der Waals surface area contributed by atoms with E-state index < -0.39 is 17.1 Å². The van der Waals surface area contributed by atoms with Gasteiger partial charge in [0.2, 0.25) is 0 Å². The minimum absolute atomic E-state index is 0.00167. The number of pyridine rings is 1. The van der Waals surface area contributed by atoms with E-state index in [1.54, 1.807) is 6.07 Å². The van der Waals surface area contributed by atoms with Crippen molar-refractivity contribution in [2.24, 2.45) is 0 Å². The van der Waals surface area contributed by atoms with Crippen molar-refractivity contribution in [3.8, 4) is 0 Å². The van der Waals surface area contributed by atoms with Gasteiger partial charge < -0.3 is 20.8 Å². The standard InChI is InChI=1S/C15H16ClN5O4/c16-9-7-10(19-11-1-4-17-8-18-11)14(25)21-12(9)13(24)20-15(21,2-5-22)3-6-23/h1,4,7-8,22-23H,2-3,5-6H2,(H,20,24)(H,17,18,19). The predicted molar refractivity (Wildman–Crippen MR) is 89.9 cm³/mol. The van der Waals surface area contributed by atoms with Crippen LogP contribution in [0.2, 0.25) is 5.02 Å². The Labute approximate surface area is 147 Å². The maximum atomic E-state index is 13.0. The van der Waals surface area contributed by atoms with E-state index in [1.807, 2.05) is 0 Å². The molecule has 25 heavy (non-hydrogen) atoms. The average molecular weight is 366 g/mol. The monoisotopic (exact) mass is 365 g/mol. The molecule has 3 rings (SSSR count). The number of carbonyl (C=O) groups is 1. The quantitative estimate of drug-likeness (QED) is 0.575. The Morgan fingerprint density at radius 1 is 1.28 bits per heavy atom. The second-order valence-corrected chi connectivity index (χ2v) is 5.95. The van der Waals surface area contributed by atoms with Gasteiger partial charge in [0.05, 0.1) is 5.02 Å². The van der Waals surface area contributed by atoms with Gasteiger partial charge in [-0.15, -0.1) is 0 Å². The Hall–Kier alpha value is -2.49. The lowest BCUT2D eigenvalue weighted by atomic mass is 10.0. The van der Waals surface area contributed by atoms with E-state index in [9.17, 15) is 19.8 Å². The van der Waals surface area contributed by atoms with Crippen molar-refractivity contribution in [2.45, 2.75) is 18.5 Å². The van der Waals surface area contributed by atoms with Crippen LogP contribution in [0.25, 0.3) is 0 Å². The third-order valence-electron chi connectivity index (χ3n) is 4.04. The first-order valence-electron chi connectivity index (χ1n) is 7.56. The van der Waals surface area contributed by atoms with Crippen LogP contribution in [0, 0.1) is 0 Å². The highest BCUT2D eigenvalue weighted by atomic mass is 35.5. The second-order valence-electron chi connectivity index (χ2n) is 5.55. The Balaban J connectivity index is 2.16. The summed E-state index contributed by atoms with van der Waals surface area (Å²) in [7, 11) is 0. The zero-order valence-electron chi connectivity index (χ0n) is 13.1. The van der Waals surface area contributed by atoms with Gasteiger partial charge in [0.1, 0.15) is 29.2 Å². The normalized spacial score (nSPS) is 14.9. The van der Waals surface area contributed by atoms with Crippen LogP contribution in [-0.4, -0.2) is 43.9 Å². The Bertz CT molecular complexity index is 849. The summed E-state index contributed by atoms with van der Waals surface area (Å²) in [6.07, 6.45) is 2.94. The van der Waals surface area contributed by atoms with Gasteiger partial charge >= 0.3 is 0 Å². The molecule has 0 saturated carbocycles. The van der Waals surface area contributed by atoms with Gasteiger partial charge in [-0.25, -0.2) is 9.97 Å². The molecule has 132 valence electrons. The molecule has 4 N–H and O–H groups in total. The summed E-state index contributed by atoms with van der Waals surface area (Å²) in [6.45, 7) is -0.569.